The van der Waals surface area contributed by atoms with Crippen LogP contribution >= 0.6 is 11.3 Å². The maximum atomic E-state index is 7.19. The lowest BCUT2D eigenvalue weighted by Gasteiger charge is -2.26. The number of rotatable bonds is 5. The van der Waals surface area contributed by atoms with Crippen LogP contribution in [-0.4, -0.2) is 4.57 Å². The van der Waals surface area contributed by atoms with Crippen LogP contribution < -0.4 is 4.90 Å². The molecule has 0 N–H and O–H groups in total. The second kappa shape index (κ2) is 11.8. The maximum absolute atomic E-state index is 7.19. The van der Waals surface area contributed by atoms with E-state index in [0.717, 1.165) is 50.2 Å². The zero-order chi connectivity index (χ0) is 37.0. The molecule has 3 nitrogen and oxygen atoms in total. The highest BCUT2D eigenvalue weighted by Gasteiger charge is 2.41. The Morgan fingerprint density at radius 3 is 2.04 bits per heavy atom. The second-order valence-electron chi connectivity index (χ2n) is 15.4. The molecule has 0 saturated heterocycles. The zero-order valence-electron chi connectivity index (χ0n) is 31.2. The van der Waals surface area contributed by atoms with E-state index in [2.05, 4.69) is 195 Å². The molecule has 0 spiro atoms. The summed E-state index contributed by atoms with van der Waals surface area (Å²) in [6.45, 7) is 9.13. The van der Waals surface area contributed by atoms with E-state index < -0.39 is 0 Å². The minimum absolute atomic E-state index is 0.153. The van der Waals surface area contributed by atoms with Crippen LogP contribution in [0.5, 0.6) is 0 Å². The van der Waals surface area contributed by atoms with E-state index in [0.29, 0.717) is 0 Å². The number of thiophene rings is 1. The summed E-state index contributed by atoms with van der Waals surface area (Å²) in [5.74, 6) is 0. The molecule has 4 heteroatoms. The van der Waals surface area contributed by atoms with Crippen molar-refractivity contribution in [2.45, 2.75) is 33.1 Å². The average Bonchev–Trinajstić information content (AvgIpc) is 3.93. The lowest BCUT2D eigenvalue weighted by atomic mass is 9.81. The fourth-order valence-corrected chi connectivity index (χ4v) is 10.7. The monoisotopic (exact) mass is 726 g/mol. The predicted octanol–water partition coefficient (Wildman–Crippen LogP) is 14.8. The quantitative estimate of drug-likeness (QED) is 0.176. The Hall–Kier alpha value is -6.36. The van der Waals surface area contributed by atoms with Gasteiger partial charge in [-0.1, -0.05) is 117 Å². The third-order valence-corrected chi connectivity index (χ3v) is 13.0. The number of fused-ring (bicyclic) bond motifs is 11. The molecule has 0 radical (unpaired) electrons. The average molecular weight is 727 g/mol. The van der Waals surface area contributed by atoms with Crippen LogP contribution in [0, 0.1) is 13.8 Å². The van der Waals surface area contributed by atoms with Gasteiger partial charge in [-0.3, -0.25) is 0 Å². The Labute approximate surface area is 324 Å². The first-order valence-corrected chi connectivity index (χ1v) is 19.8. The standard InChI is InChI=1S/C51H38N2OS/c1-31-16-13-17-32(2)43(31)33-18-14-23-36(30-33)52(34-19-7-5-8-20-34)42-27-15-25-39-48-50(55-49(39)42)40-29-28-38-44-45(37-24-11-12-26-41(37)51(44,3)4)53(46(38)47(40)54-48)35-21-9-6-10-22-35/h5-30H,1-4H3. The van der Waals surface area contributed by atoms with Gasteiger partial charge in [0.15, 0.2) is 11.2 Å². The van der Waals surface area contributed by atoms with Gasteiger partial charge in [-0.2, -0.15) is 0 Å². The first kappa shape index (κ1) is 32.1. The van der Waals surface area contributed by atoms with Gasteiger partial charge in [0.1, 0.15) is 0 Å². The molecule has 1 aliphatic rings. The summed E-state index contributed by atoms with van der Waals surface area (Å²) in [4.78, 5) is 2.40. The summed E-state index contributed by atoms with van der Waals surface area (Å²) in [6, 6.07) is 57.2. The van der Waals surface area contributed by atoms with Crippen molar-refractivity contribution in [1.82, 2.24) is 4.57 Å². The van der Waals surface area contributed by atoms with Crippen LogP contribution in [0.3, 0.4) is 0 Å². The number of nitrogens with zero attached hydrogens (tertiary/aromatic N) is 2. The van der Waals surface area contributed by atoms with E-state index in [4.69, 9.17) is 4.42 Å². The van der Waals surface area contributed by atoms with Crippen LogP contribution in [0.15, 0.2) is 162 Å². The summed E-state index contributed by atoms with van der Waals surface area (Å²) >= 11 is 1.83. The largest absolute Gasteiger partial charge is 0.452 e. The topological polar surface area (TPSA) is 21.3 Å². The van der Waals surface area contributed by atoms with E-state index in [1.165, 1.54) is 59.4 Å². The van der Waals surface area contributed by atoms with Gasteiger partial charge in [0.25, 0.3) is 0 Å². The van der Waals surface area contributed by atoms with Gasteiger partial charge in [0.2, 0.25) is 0 Å². The molecular weight excluding hydrogens is 689 g/mol. The molecule has 0 unspecified atom stereocenters. The van der Waals surface area contributed by atoms with Crippen LogP contribution in [0.2, 0.25) is 0 Å². The first-order chi connectivity index (χ1) is 26.9. The van der Waals surface area contributed by atoms with E-state index in [9.17, 15) is 0 Å². The van der Waals surface area contributed by atoms with E-state index in [1.54, 1.807) is 0 Å². The van der Waals surface area contributed by atoms with Crippen molar-refractivity contribution in [3.05, 3.63) is 180 Å². The SMILES string of the molecule is Cc1cccc(C)c1-c1cccc(N(c2ccccc2)c2cccc3c2sc2c4ccc5c6c(n(-c7ccccc7)c5c4oc32)-c2ccccc2C6(C)C)c1. The van der Waals surface area contributed by atoms with Gasteiger partial charge < -0.3 is 13.9 Å². The highest BCUT2D eigenvalue weighted by molar-refractivity contribution is 7.27. The second-order valence-corrected chi connectivity index (χ2v) is 16.4. The maximum Gasteiger partial charge on any atom is 0.160 e. The number of aromatic nitrogens is 1. The zero-order valence-corrected chi connectivity index (χ0v) is 32.0. The molecular formula is C51H38N2OS. The van der Waals surface area contributed by atoms with E-state index in [-0.39, 0.29) is 5.41 Å². The van der Waals surface area contributed by atoms with Crippen molar-refractivity contribution in [2.75, 3.05) is 4.90 Å². The van der Waals surface area contributed by atoms with Gasteiger partial charge in [-0.05, 0) is 102 Å². The fraction of sp³-hybridized carbons (Fsp3) is 0.0980. The molecule has 0 saturated carbocycles. The lowest BCUT2D eigenvalue weighted by molar-refractivity contribution is 0.666. The van der Waals surface area contributed by atoms with Gasteiger partial charge in [0, 0.05) is 44.2 Å². The van der Waals surface area contributed by atoms with Crippen LogP contribution in [0.1, 0.15) is 36.1 Å². The summed E-state index contributed by atoms with van der Waals surface area (Å²) < 4.78 is 12.0. The number of benzene rings is 7. The van der Waals surface area contributed by atoms with E-state index >= 15 is 0 Å². The van der Waals surface area contributed by atoms with Crippen molar-refractivity contribution < 1.29 is 4.42 Å². The van der Waals surface area contributed by atoms with Crippen LogP contribution in [-0.2, 0) is 5.41 Å². The van der Waals surface area contributed by atoms with Crippen molar-refractivity contribution in [3.63, 3.8) is 0 Å². The number of para-hydroxylation sites is 2. The molecule has 0 amide bonds. The van der Waals surface area contributed by atoms with Crippen molar-refractivity contribution in [1.29, 1.82) is 0 Å². The molecule has 0 fully saturated rings. The molecule has 3 heterocycles. The summed E-state index contributed by atoms with van der Waals surface area (Å²) in [7, 11) is 0. The smallest absolute Gasteiger partial charge is 0.160 e. The molecule has 11 rings (SSSR count). The van der Waals surface area contributed by atoms with Crippen LogP contribution in [0.25, 0.3) is 70.3 Å². The molecule has 1 aliphatic carbocycles. The van der Waals surface area contributed by atoms with Crippen molar-refractivity contribution in [3.8, 4) is 28.1 Å². The molecule has 0 bridgehead atoms. The molecule has 3 aromatic heterocycles. The number of aryl methyl sites for hydroxylation is 2. The van der Waals surface area contributed by atoms with Crippen molar-refractivity contribution in [2.24, 2.45) is 0 Å². The predicted molar refractivity (Wildman–Crippen MR) is 233 cm³/mol. The minimum atomic E-state index is -0.153. The number of furan rings is 1. The summed E-state index contributed by atoms with van der Waals surface area (Å²) in [5, 5.41) is 3.53. The fourth-order valence-electron chi connectivity index (χ4n) is 9.43. The molecule has 55 heavy (non-hydrogen) atoms. The molecule has 264 valence electrons. The Balaban J connectivity index is 1.16. The third-order valence-electron chi connectivity index (χ3n) is 11.8. The van der Waals surface area contributed by atoms with E-state index in [1.807, 2.05) is 11.3 Å². The summed E-state index contributed by atoms with van der Waals surface area (Å²) in [5.41, 5.74) is 17.7. The van der Waals surface area contributed by atoms with Crippen molar-refractivity contribution >= 4 is 70.6 Å². The highest BCUT2D eigenvalue weighted by atomic mass is 32.1. The Morgan fingerprint density at radius 2 is 1.24 bits per heavy atom. The van der Waals surface area contributed by atoms with Gasteiger partial charge >= 0.3 is 0 Å². The van der Waals surface area contributed by atoms with Gasteiger partial charge in [-0.15, -0.1) is 11.3 Å². The third kappa shape index (κ3) is 4.55. The Morgan fingerprint density at radius 1 is 0.582 bits per heavy atom. The van der Waals surface area contributed by atoms with Gasteiger partial charge in [-0.25, -0.2) is 0 Å². The summed E-state index contributed by atoms with van der Waals surface area (Å²) in [6.07, 6.45) is 0. The normalized spacial score (nSPS) is 13.2. The Kier molecular flexibility index (Phi) is 6.90. The lowest BCUT2D eigenvalue weighted by Crippen LogP contribution is -2.14. The Bertz CT molecular complexity index is 3120. The number of hydrogen-bond acceptors (Lipinski definition) is 3. The molecule has 0 atom stereocenters. The van der Waals surface area contributed by atoms with Gasteiger partial charge in [0.05, 0.1) is 26.3 Å². The minimum Gasteiger partial charge on any atom is -0.452 e. The van der Waals surface area contributed by atoms with Crippen LogP contribution in [0.4, 0.5) is 17.1 Å². The molecule has 10 aromatic rings. The first-order valence-electron chi connectivity index (χ1n) is 19.0. The number of hydrogen-bond donors (Lipinski definition) is 0. The molecule has 7 aromatic carbocycles. The number of anilines is 3. The highest BCUT2D eigenvalue weighted by Crippen LogP contribution is 2.56. The molecule has 0 aliphatic heterocycles.